The molecule has 0 aliphatic carbocycles. The highest BCUT2D eigenvalue weighted by molar-refractivity contribution is 6.00. The first kappa shape index (κ1) is 17.0. The van der Waals surface area contributed by atoms with Crippen LogP contribution in [0.3, 0.4) is 0 Å². The van der Waals surface area contributed by atoms with Crippen molar-refractivity contribution in [2.75, 3.05) is 24.8 Å². The van der Waals surface area contributed by atoms with E-state index in [1.54, 1.807) is 26.4 Å². The first-order chi connectivity index (χ1) is 11.7. The molecule has 3 rings (SSSR count). The number of hydrogen-bond acceptors (Lipinski definition) is 7. The molecule has 4 N–H and O–H groups in total. The fourth-order valence-corrected chi connectivity index (χ4v) is 2.35. The van der Waals surface area contributed by atoms with Crippen LogP contribution in [0.4, 0.5) is 17.2 Å². The molecule has 24 heavy (non-hydrogen) atoms. The molecule has 126 valence electrons. The quantitative estimate of drug-likeness (QED) is 0.616. The summed E-state index contributed by atoms with van der Waals surface area (Å²) in [5.41, 5.74) is 3.03. The van der Waals surface area contributed by atoms with Crippen LogP contribution < -0.4 is 20.7 Å². The molecule has 0 atom stereocenters. The molecule has 9 heteroatoms. The normalized spacial score (nSPS) is 11.5. The van der Waals surface area contributed by atoms with E-state index in [2.05, 4.69) is 25.9 Å². The Bertz CT molecular complexity index is 751. The van der Waals surface area contributed by atoms with Gasteiger partial charge in [-0.1, -0.05) is 0 Å². The summed E-state index contributed by atoms with van der Waals surface area (Å²) in [6, 6.07) is 3.59. The van der Waals surface area contributed by atoms with E-state index in [-0.39, 0.29) is 12.4 Å². The lowest BCUT2D eigenvalue weighted by Crippen LogP contribution is -2.12. The SMILES string of the molecule is CNc1cncnc1Nc1ccc2c(c1OC)CNC2=O.O=CO. The van der Waals surface area contributed by atoms with Gasteiger partial charge in [0.15, 0.2) is 5.82 Å². The Morgan fingerprint density at radius 2 is 2.12 bits per heavy atom. The highest BCUT2D eigenvalue weighted by atomic mass is 16.5. The minimum Gasteiger partial charge on any atom is -0.494 e. The molecule has 1 amide bonds. The molecule has 1 aliphatic heterocycles. The van der Waals surface area contributed by atoms with Crippen LogP contribution in [0.2, 0.25) is 0 Å². The number of rotatable bonds is 4. The smallest absolute Gasteiger partial charge is 0.290 e. The van der Waals surface area contributed by atoms with Crippen LogP contribution in [-0.2, 0) is 11.3 Å². The van der Waals surface area contributed by atoms with Crippen LogP contribution in [0.1, 0.15) is 15.9 Å². The van der Waals surface area contributed by atoms with Crippen molar-refractivity contribution in [3.8, 4) is 5.75 Å². The van der Waals surface area contributed by atoms with Gasteiger partial charge in [0.2, 0.25) is 0 Å². The molecule has 1 aromatic carbocycles. The number of carboxylic acid groups (broad SMARTS) is 1. The van der Waals surface area contributed by atoms with E-state index in [4.69, 9.17) is 14.6 Å². The summed E-state index contributed by atoms with van der Waals surface area (Å²) in [6.07, 6.45) is 3.15. The van der Waals surface area contributed by atoms with Gasteiger partial charge in [0.05, 0.1) is 24.7 Å². The number of carbonyl (C=O) groups excluding carboxylic acids is 1. The average Bonchev–Trinajstić information content (AvgIpc) is 2.97. The number of ether oxygens (including phenoxy) is 1. The number of amides is 1. The molecule has 2 heterocycles. The minimum absolute atomic E-state index is 0.0761. The highest BCUT2D eigenvalue weighted by Gasteiger charge is 2.24. The zero-order valence-corrected chi connectivity index (χ0v) is 13.2. The topological polar surface area (TPSA) is 125 Å². The van der Waals surface area contributed by atoms with Crippen LogP contribution in [0, 0.1) is 0 Å². The monoisotopic (exact) mass is 331 g/mol. The summed E-state index contributed by atoms with van der Waals surface area (Å²) >= 11 is 0. The van der Waals surface area contributed by atoms with E-state index in [0.717, 1.165) is 16.9 Å². The molecule has 1 aliphatic rings. The van der Waals surface area contributed by atoms with Crippen molar-refractivity contribution in [1.29, 1.82) is 0 Å². The second-order valence-corrected chi connectivity index (χ2v) is 4.62. The number of anilines is 3. The third-order valence-electron chi connectivity index (χ3n) is 3.37. The van der Waals surface area contributed by atoms with Crippen molar-refractivity contribution >= 4 is 29.6 Å². The third-order valence-corrected chi connectivity index (χ3v) is 3.37. The van der Waals surface area contributed by atoms with E-state index in [1.807, 2.05) is 6.07 Å². The molecule has 0 spiro atoms. The van der Waals surface area contributed by atoms with Gasteiger partial charge in [-0.3, -0.25) is 9.59 Å². The van der Waals surface area contributed by atoms with Gasteiger partial charge >= 0.3 is 0 Å². The number of aromatic nitrogens is 2. The van der Waals surface area contributed by atoms with Gasteiger partial charge in [-0.25, -0.2) is 9.97 Å². The number of nitrogens with one attached hydrogen (secondary N) is 3. The highest BCUT2D eigenvalue weighted by Crippen LogP contribution is 2.36. The van der Waals surface area contributed by atoms with Crippen molar-refractivity contribution in [2.45, 2.75) is 6.54 Å². The summed E-state index contributed by atoms with van der Waals surface area (Å²) in [5, 5.41) is 15.9. The summed E-state index contributed by atoms with van der Waals surface area (Å²) < 4.78 is 5.46. The van der Waals surface area contributed by atoms with Crippen LogP contribution in [0.5, 0.6) is 5.75 Å². The van der Waals surface area contributed by atoms with Crippen LogP contribution in [0.25, 0.3) is 0 Å². The molecule has 0 saturated carbocycles. The molecule has 0 saturated heterocycles. The van der Waals surface area contributed by atoms with Crippen LogP contribution in [-0.4, -0.2) is 41.6 Å². The van der Waals surface area contributed by atoms with E-state index >= 15 is 0 Å². The summed E-state index contributed by atoms with van der Waals surface area (Å²) in [6.45, 7) is 0.218. The van der Waals surface area contributed by atoms with Crippen molar-refractivity contribution in [3.63, 3.8) is 0 Å². The number of methoxy groups -OCH3 is 1. The van der Waals surface area contributed by atoms with Crippen LogP contribution in [0.15, 0.2) is 24.7 Å². The van der Waals surface area contributed by atoms with E-state index in [1.165, 1.54) is 6.33 Å². The van der Waals surface area contributed by atoms with E-state index in [0.29, 0.717) is 23.7 Å². The third kappa shape index (κ3) is 3.35. The molecule has 0 bridgehead atoms. The first-order valence-electron chi connectivity index (χ1n) is 6.97. The lowest BCUT2D eigenvalue weighted by atomic mass is 10.1. The lowest BCUT2D eigenvalue weighted by molar-refractivity contribution is -0.122. The molecular formula is C15H17N5O4. The Morgan fingerprint density at radius 1 is 1.38 bits per heavy atom. The lowest BCUT2D eigenvalue weighted by Gasteiger charge is -2.15. The van der Waals surface area contributed by atoms with Crippen molar-refractivity contribution in [2.24, 2.45) is 0 Å². The maximum Gasteiger partial charge on any atom is 0.290 e. The maximum absolute atomic E-state index is 11.7. The predicted octanol–water partition coefficient (Wildman–Crippen LogP) is 1.21. The number of carbonyl (C=O) groups is 2. The Labute approximate surface area is 138 Å². The zero-order valence-electron chi connectivity index (χ0n) is 13.2. The summed E-state index contributed by atoms with van der Waals surface area (Å²) in [5.74, 6) is 1.21. The van der Waals surface area contributed by atoms with Gasteiger partial charge in [0.25, 0.3) is 12.4 Å². The summed E-state index contributed by atoms with van der Waals surface area (Å²) in [7, 11) is 3.38. The number of fused-ring (bicyclic) bond motifs is 1. The van der Waals surface area contributed by atoms with E-state index < -0.39 is 0 Å². The van der Waals surface area contributed by atoms with Gasteiger partial charge in [0.1, 0.15) is 12.1 Å². The molecule has 1 aromatic heterocycles. The maximum atomic E-state index is 11.7. The van der Waals surface area contributed by atoms with Crippen molar-refractivity contribution in [3.05, 3.63) is 35.8 Å². The molecule has 0 fully saturated rings. The minimum atomic E-state index is -0.250. The molecule has 2 aromatic rings. The second-order valence-electron chi connectivity index (χ2n) is 4.62. The first-order valence-corrected chi connectivity index (χ1v) is 6.97. The predicted molar refractivity (Wildman–Crippen MR) is 87.7 cm³/mol. The standard InChI is InChI=1S/C14H15N5O2.CH2O2/c1-15-11-6-16-7-18-13(11)19-10-4-3-8-9(12(10)21-2)5-17-14(8)20;2-1-3/h3-4,6-7,15H,5H2,1-2H3,(H,17,20)(H,16,18,19);1H,(H,2,3). The molecule has 9 nitrogen and oxygen atoms in total. The Balaban J connectivity index is 0.000000647. The van der Waals surface area contributed by atoms with E-state index in [9.17, 15) is 4.79 Å². The van der Waals surface area contributed by atoms with Crippen molar-refractivity contribution in [1.82, 2.24) is 15.3 Å². The Hall–Kier alpha value is -3.36. The largest absolute Gasteiger partial charge is 0.494 e. The summed E-state index contributed by atoms with van der Waals surface area (Å²) in [4.78, 5) is 28.2. The molecule has 0 radical (unpaired) electrons. The molecule has 0 unspecified atom stereocenters. The Kier molecular flexibility index (Phi) is 5.50. The molecular weight excluding hydrogens is 314 g/mol. The van der Waals surface area contributed by atoms with Gasteiger partial charge in [-0.2, -0.15) is 0 Å². The van der Waals surface area contributed by atoms with Gasteiger partial charge < -0.3 is 25.8 Å². The van der Waals surface area contributed by atoms with Gasteiger partial charge in [-0.05, 0) is 12.1 Å². The number of nitrogens with zero attached hydrogens (tertiary/aromatic N) is 2. The van der Waals surface area contributed by atoms with Crippen LogP contribution >= 0.6 is 0 Å². The fourth-order valence-electron chi connectivity index (χ4n) is 2.35. The average molecular weight is 331 g/mol. The second kappa shape index (κ2) is 7.77. The van der Waals surface area contributed by atoms with Gasteiger partial charge in [0, 0.05) is 24.7 Å². The fraction of sp³-hybridized carbons (Fsp3) is 0.200. The zero-order chi connectivity index (χ0) is 17.5. The van der Waals surface area contributed by atoms with Gasteiger partial charge in [-0.15, -0.1) is 0 Å². The number of benzene rings is 1. The Morgan fingerprint density at radius 3 is 2.79 bits per heavy atom. The number of hydrogen-bond donors (Lipinski definition) is 4. The van der Waals surface area contributed by atoms with Crippen molar-refractivity contribution < 1.29 is 19.4 Å².